The summed E-state index contributed by atoms with van der Waals surface area (Å²) in [6.07, 6.45) is 8.15. The first-order valence-electron chi connectivity index (χ1n) is 10.3. The third-order valence-corrected chi connectivity index (χ3v) is 5.79. The first-order chi connectivity index (χ1) is 12.9. The van der Waals surface area contributed by atoms with E-state index >= 15 is 0 Å². The van der Waals surface area contributed by atoms with Crippen LogP contribution in [0.1, 0.15) is 75.1 Å². The monoisotopic (exact) mass is 382 g/mol. The van der Waals surface area contributed by atoms with Gasteiger partial charge in [-0.15, -0.1) is 18.2 Å². The van der Waals surface area contributed by atoms with Gasteiger partial charge < -0.3 is 0 Å². The van der Waals surface area contributed by atoms with Gasteiger partial charge in [0.1, 0.15) is 0 Å². The quantitative estimate of drug-likeness (QED) is 0.211. The molecule has 0 saturated carbocycles. The molecule has 0 radical (unpaired) electrons. The van der Waals surface area contributed by atoms with E-state index < -0.39 is 0 Å². The summed E-state index contributed by atoms with van der Waals surface area (Å²) in [5, 5.41) is 0. The average molecular weight is 383 g/mol. The molecule has 0 heterocycles. The number of aryl methyl sites for hydroxylation is 2. The summed E-state index contributed by atoms with van der Waals surface area (Å²) >= 11 is 5.78. The maximum Gasteiger partial charge on any atom is 0.0223 e. The number of hydrogen-bond donors (Lipinski definition) is 0. The molecule has 2 aromatic rings. The Morgan fingerprint density at radius 3 is 1.63 bits per heavy atom. The van der Waals surface area contributed by atoms with Crippen molar-refractivity contribution in [3.05, 3.63) is 82.9 Å². The highest BCUT2D eigenvalue weighted by Crippen LogP contribution is 2.32. The van der Waals surface area contributed by atoms with E-state index in [4.69, 9.17) is 11.6 Å². The van der Waals surface area contributed by atoms with Gasteiger partial charge >= 0.3 is 0 Å². The minimum atomic E-state index is 0.0210. The van der Waals surface area contributed by atoms with Crippen LogP contribution in [0.5, 0.6) is 0 Å². The molecule has 0 N–H and O–H groups in total. The van der Waals surface area contributed by atoms with E-state index in [1.807, 2.05) is 0 Å². The molecule has 0 aromatic heterocycles. The lowest BCUT2D eigenvalue weighted by Crippen LogP contribution is -2.18. The molecule has 0 aliphatic carbocycles. The largest absolute Gasteiger partial charge is 0.127 e. The van der Waals surface area contributed by atoms with Crippen LogP contribution in [-0.2, 0) is 18.3 Å². The summed E-state index contributed by atoms with van der Waals surface area (Å²) in [5.41, 5.74) is 6.90. The standard InChI is InChI=1S/C26H35Cl/c1-21(2)9-5-6-10-22-12-16-24(17-13-22)26(3,4)25-18-14-23(15-19-25)11-7-8-20-27/h12-19H,1,5-11,20H2,2-4H3. The zero-order chi connectivity index (χ0) is 19.7. The normalized spacial score (nSPS) is 11.6. The fourth-order valence-corrected chi connectivity index (χ4v) is 3.71. The Bertz CT molecular complexity index is 692. The molecular formula is C26H35Cl. The van der Waals surface area contributed by atoms with E-state index in [-0.39, 0.29) is 5.41 Å². The third-order valence-electron chi connectivity index (χ3n) is 5.52. The van der Waals surface area contributed by atoms with Crippen molar-refractivity contribution in [2.75, 3.05) is 5.88 Å². The molecule has 0 aliphatic rings. The number of unbranched alkanes of at least 4 members (excludes halogenated alkanes) is 2. The van der Waals surface area contributed by atoms with Crippen molar-refractivity contribution in [1.29, 1.82) is 0 Å². The first-order valence-corrected chi connectivity index (χ1v) is 10.9. The molecule has 27 heavy (non-hydrogen) atoms. The van der Waals surface area contributed by atoms with Gasteiger partial charge in [-0.2, -0.15) is 0 Å². The lowest BCUT2D eigenvalue weighted by molar-refractivity contribution is 0.639. The Labute approximate surface area is 171 Å². The van der Waals surface area contributed by atoms with Crippen molar-refractivity contribution >= 4 is 11.6 Å². The van der Waals surface area contributed by atoms with Gasteiger partial charge in [0.25, 0.3) is 0 Å². The highest BCUT2D eigenvalue weighted by atomic mass is 35.5. The minimum absolute atomic E-state index is 0.0210. The van der Waals surface area contributed by atoms with Crippen LogP contribution >= 0.6 is 11.6 Å². The third kappa shape index (κ3) is 6.85. The molecule has 0 saturated heterocycles. The van der Waals surface area contributed by atoms with Crippen LogP contribution < -0.4 is 0 Å². The predicted octanol–water partition coefficient (Wildman–Crippen LogP) is 7.86. The summed E-state index contributed by atoms with van der Waals surface area (Å²) in [6, 6.07) is 18.4. The van der Waals surface area contributed by atoms with E-state index in [0.29, 0.717) is 0 Å². The number of rotatable bonds is 11. The van der Waals surface area contributed by atoms with Crippen molar-refractivity contribution in [2.45, 2.75) is 71.1 Å². The molecule has 2 rings (SSSR count). The van der Waals surface area contributed by atoms with E-state index in [9.17, 15) is 0 Å². The smallest absolute Gasteiger partial charge is 0.0223 e. The molecule has 2 aromatic carbocycles. The Morgan fingerprint density at radius 2 is 1.22 bits per heavy atom. The second-order valence-electron chi connectivity index (χ2n) is 8.33. The molecule has 0 fully saturated rings. The number of hydrogen-bond acceptors (Lipinski definition) is 0. The molecule has 0 atom stereocenters. The molecular weight excluding hydrogens is 348 g/mol. The van der Waals surface area contributed by atoms with Crippen LogP contribution in [0.3, 0.4) is 0 Å². The van der Waals surface area contributed by atoms with Crippen molar-refractivity contribution in [3.63, 3.8) is 0 Å². The van der Waals surface area contributed by atoms with Gasteiger partial charge in [0.15, 0.2) is 0 Å². The maximum atomic E-state index is 5.78. The van der Waals surface area contributed by atoms with E-state index in [1.165, 1.54) is 47.1 Å². The van der Waals surface area contributed by atoms with Gasteiger partial charge in [0.2, 0.25) is 0 Å². The highest BCUT2D eigenvalue weighted by molar-refractivity contribution is 6.17. The van der Waals surface area contributed by atoms with Crippen LogP contribution in [0, 0.1) is 0 Å². The number of allylic oxidation sites excluding steroid dienone is 1. The van der Waals surface area contributed by atoms with E-state index in [2.05, 4.69) is 75.9 Å². The summed E-state index contributed by atoms with van der Waals surface area (Å²) in [5.74, 6) is 0.759. The second-order valence-corrected chi connectivity index (χ2v) is 8.71. The van der Waals surface area contributed by atoms with Crippen LogP contribution in [0.15, 0.2) is 60.7 Å². The number of halogens is 1. The Morgan fingerprint density at radius 1 is 0.778 bits per heavy atom. The molecule has 0 unspecified atom stereocenters. The topological polar surface area (TPSA) is 0 Å². The zero-order valence-corrected chi connectivity index (χ0v) is 18.1. The fraction of sp³-hybridized carbons (Fsp3) is 0.462. The summed E-state index contributed by atoms with van der Waals surface area (Å²) < 4.78 is 0. The molecule has 0 aliphatic heterocycles. The molecule has 1 heteroatoms. The van der Waals surface area contributed by atoms with Crippen LogP contribution in [0.2, 0.25) is 0 Å². The van der Waals surface area contributed by atoms with Gasteiger partial charge in [-0.05, 0) is 74.1 Å². The molecule has 0 bridgehead atoms. The SMILES string of the molecule is C=C(C)CCCCc1ccc(C(C)(C)c2ccc(CCCCCl)cc2)cc1. The lowest BCUT2D eigenvalue weighted by atomic mass is 9.77. The maximum absolute atomic E-state index is 5.78. The summed E-state index contributed by atoms with van der Waals surface area (Å²) in [6.45, 7) is 10.7. The van der Waals surface area contributed by atoms with Crippen LogP contribution in [0.4, 0.5) is 0 Å². The Kier molecular flexibility index (Phi) is 8.64. The highest BCUT2D eigenvalue weighted by Gasteiger charge is 2.22. The summed E-state index contributed by atoms with van der Waals surface area (Å²) in [7, 11) is 0. The van der Waals surface area contributed by atoms with Crippen molar-refractivity contribution in [2.24, 2.45) is 0 Å². The fourth-order valence-electron chi connectivity index (χ4n) is 3.52. The van der Waals surface area contributed by atoms with E-state index in [1.54, 1.807) is 0 Å². The Hall–Kier alpha value is -1.53. The van der Waals surface area contributed by atoms with Gasteiger partial charge in [0, 0.05) is 11.3 Å². The van der Waals surface area contributed by atoms with Gasteiger partial charge in [-0.3, -0.25) is 0 Å². The minimum Gasteiger partial charge on any atom is -0.127 e. The van der Waals surface area contributed by atoms with Crippen LogP contribution in [0.25, 0.3) is 0 Å². The number of alkyl halides is 1. The molecule has 0 spiro atoms. The summed E-state index contributed by atoms with van der Waals surface area (Å²) in [4.78, 5) is 0. The first kappa shape index (κ1) is 21.8. The van der Waals surface area contributed by atoms with E-state index in [0.717, 1.165) is 31.6 Å². The van der Waals surface area contributed by atoms with Crippen LogP contribution in [-0.4, -0.2) is 5.88 Å². The van der Waals surface area contributed by atoms with Crippen molar-refractivity contribution in [3.8, 4) is 0 Å². The predicted molar refractivity (Wildman–Crippen MR) is 121 cm³/mol. The van der Waals surface area contributed by atoms with Crippen molar-refractivity contribution in [1.82, 2.24) is 0 Å². The molecule has 0 nitrogen and oxygen atoms in total. The van der Waals surface area contributed by atoms with Crippen molar-refractivity contribution < 1.29 is 0 Å². The lowest BCUT2D eigenvalue weighted by Gasteiger charge is -2.26. The Balaban J connectivity index is 1.97. The van der Waals surface area contributed by atoms with Gasteiger partial charge in [-0.25, -0.2) is 0 Å². The van der Waals surface area contributed by atoms with Gasteiger partial charge in [-0.1, -0.05) is 68.0 Å². The number of benzene rings is 2. The molecule has 146 valence electrons. The average Bonchev–Trinajstić information content (AvgIpc) is 2.66. The second kappa shape index (κ2) is 10.7. The molecule has 0 amide bonds. The zero-order valence-electron chi connectivity index (χ0n) is 17.4. The van der Waals surface area contributed by atoms with Gasteiger partial charge in [0.05, 0.1) is 0 Å².